The van der Waals surface area contributed by atoms with Gasteiger partial charge >= 0.3 is 0 Å². The fourth-order valence-electron chi connectivity index (χ4n) is 2.21. The fourth-order valence-corrected chi connectivity index (χ4v) is 2.21. The summed E-state index contributed by atoms with van der Waals surface area (Å²) in [5.74, 6) is 0.129. The van der Waals surface area contributed by atoms with Gasteiger partial charge < -0.3 is 10.3 Å². The van der Waals surface area contributed by atoms with Crippen molar-refractivity contribution in [3.8, 4) is 0 Å². The Morgan fingerprint density at radius 2 is 2.41 bits per heavy atom. The Balaban J connectivity index is 2.20. The van der Waals surface area contributed by atoms with Crippen LogP contribution in [-0.2, 0) is 0 Å². The lowest BCUT2D eigenvalue weighted by Gasteiger charge is -2.17. The van der Waals surface area contributed by atoms with E-state index in [1.54, 1.807) is 6.33 Å². The fraction of sp³-hybridized carbons (Fsp3) is 0.364. The molecule has 0 saturated heterocycles. The highest BCUT2D eigenvalue weighted by Gasteiger charge is 2.16. The molecule has 0 aliphatic heterocycles. The molecule has 1 aliphatic rings. The van der Waals surface area contributed by atoms with E-state index in [2.05, 4.69) is 27.1 Å². The third-order valence-corrected chi connectivity index (χ3v) is 3.04. The van der Waals surface area contributed by atoms with Crippen molar-refractivity contribution in [1.29, 1.82) is 0 Å². The second-order valence-electron chi connectivity index (χ2n) is 4.20. The topological polar surface area (TPSA) is 89.6 Å². The van der Waals surface area contributed by atoms with E-state index in [4.69, 9.17) is 5.73 Å². The monoisotopic (exact) mass is 231 g/mol. The molecule has 17 heavy (non-hydrogen) atoms. The first kappa shape index (κ1) is 10.1. The molecule has 0 bridgehead atoms. The van der Waals surface area contributed by atoms with Crippen LogP contribution in [0.3, 0.4) is 0 Å². The Morgan fingerprint density at radius 1 is 1.53 bits per heavy atom. The minimum absolute atomic E-state index is 0.129. The van der Waals surface area contributed by atoms with E-state index in [1.807, 2.05) is 4.57 Å². The molecule has 0 aromatic carbocycles. The number of fused-ring (bicyclic) bond motifs is 1. The molecule has 0 amide bonds. The number of nitrogens with zero attached hydrogens (tertiary/aromatic N) is 3. The molecule has 1 atom stereocenters. The third-order valence-electron chi connectivity index (χ3n) is 3.04. The number of H-pyrrole nitrogens is 1. The zero-order valence-electron chi connectivity index (χ0n) is 9.26. The van der Waals surface area contributed by atoms with Gasteiger partial charge in [0.1, 0.15) is 0 Å². The van der Waals surface area contributed by atoms with Gasteiger partial charge in [-0.05, 0) is 19.3 Å². The van der Waals surface area contributed by atoms with E-state index in [0.717, 1.165) is 19.3 Å². The number of nitrogens with two attached hydrogens (primary N) is 1. The Bertz CT molecular complexity index is 639. The number of anilines is 1. The van der Waals surface area contributed by atoms with Gasteiger partial charge in [0, 0.05) is 0 Å². The average molecular weight is 231 g/mol. The summed E-state index contributed by atoms with van der Waals surface area (Å²) < 4.78 is 1.91. The van der Waals surface area contributed by atoms with Gasteiger partial charge in [-0.15, -0.1) is 0 Å². The van der Waals surface area contributed by atoms with Gasteiger partial charge in [-0.1, -0.05) is 12.2 Å². The van der Waals surface area contributed by atoms with Gasteiger partial charge in [0.25, 0.3) is 5.56 Å². The van der Waals surface area contributed by atoms with Gasteiger partial charge in [0.15, 0.2) is 11.2 Å². The second kappa shape index (κ2) is 3.73. The zero-order chi connectivity index (χ0) is 11.8. The predicted molar refractivity (Wildman–Crippen MR) is 64.6 cm³/mol. The lowest BCUT2D eigenvalue weighted by Crippen LogP contribution is -2.14. The number of aromatic amines is 1. The van der Waals surface area contributed by atoms with Crippen molar-refractivity contribution >= 4 is 17.1 Å². The molecule has 1 aliphatic carbocycles. The SMILES string of the molecule is Nc1nc2c(ncn2C2C=CCCC2)c(=O)[nH]1. The number of nitrogens with one attached hydrogen (secondary N) is 1. The van der Waals surface area contributed by atoms with Crippen LogP contribution in [-0.4, -0.2) is 19.5 Å². The van der Waals surface area contributed by atoms with Crippen LogP contribution in [0.15, 0.2) is 23.3 Å². The summed E-state index contributed by atoms with van der Waals surface area (Å²) in [6.45, 7) is 0. The molecular weight excluding hydrogens is 218 g/mol. The third kappa shape index (κ3) is 1.61. The van der Waals surface area contributed by atoms with Crippen molar-refractivity contribution in [3.05, 3.63) is 28.8 Å². The van der Waals surface area contributed by atoms with E-state index in [-0.39, 0.29) is 17.5 Å². The smallest absolute Gasteiger partial charge is 0.280 e. The summed E-state index contributed by atoms with van der Waals surface area (Å²) in [6, 6.07) is 0.224. The first-order valence-corrected chi connectivity index (χ1v) is 5.64. The van der Waals surface area contributed by atoms with Crippen molar-refractivity contribution in [1.82, 2.24) is 19.5 Å². The van der Waals surface area contributed by atoms with Crippen molar-refractivity contribution in [2.24, 2.45) is 0 Å². The number of aromatic nitrogens is 4. The molecule has 0 saturated carbocycles. The number of hydrogen-bond donors (Lipinski definition) is 2. The maximum Gasteiger partial charge on any atom is 0.280 e. The average Bonchev–Trinajstić information content (AvgIpc) is 2.74. The van der Waals surface area contributed by atoms with E-state index in [0.29, 0.717) is 11.2 Å². The van der Waals surface area contributed by atoms with Crippen LogP contribution in [0.5, 0.6) is 0 Å². The van der Waals surface area contributed by atoms with Crippen LogP contribution in [0, 0.1) is 0 Å². The van der Waals surface area contributed by atoms with Gasteiger partial charge in [0.2, 0.25) is 5.95 Å². The minimum atomic E-state index is -0.286. The first-order chi connectivity index (χ1) is 8.25. The highest BCUT2D eigenvalue weighted by Crippen LogP contribution is 2.24. The molecule has 2 heterocycles. The molecule has 3 N–H and O–H groups in total. The maximum absolute atomic E-state index is 11.6. The molecule has 2 aromatic rings. The number of allylic oxidation sites excluding steroid dienone is 2. The van der Waals surface area contributed by atoms with Gasteiger partial charge in [-0.25, -0.2) is 4.98 Å². The first-order valence-electron chi connectivity index (χ1n) is 5.64. The molecule has 6 heteroatoms. The van der Waals surface area contributed by atoms with Crippen LogP contribution >= 0.6 is 0 Å². The normalized spacial score (nSPS) is 19.9. The molecule has 0 spiro atoms. The predicted octanol–water partition coefficient (Wildman–Crippen LogP) is 0.983. The van der Waals surface area contributed by atoms with Crippen LogP contribution in [0.4, 0.5) is 5.95 Å². The summed E-state index contributed by atoms with van der Waals surface area (Å²) in [7, 11) is 0. The summed E-state index contributed by atoms with van der Waals surface area (Å²) in [4.78, 5) is 22.3. The summed E-state index contributed by atoms with van der Waals surface area (Å²) in [5, 5.41) is 0. The standard InChI is InChI=1S/C11H13N5O/c12-11-14-9-8(10(17)15-11)13-6-16(9)7-4-2-1-3-5-7/h2,4,6-7H,1,3,5H2,(H3,12,14,15,17). The number of rotatable bonds is 1. The Labute approximate surface area is 97.2 Å². The Hall–Kier alpha value is -2.11. The van der Waals surface area contributed by atoms with Crippen molar-refractivity contribution in [2.45, 2.75) is 25.3 Å². The molecule has 6 nitrogen and oxygen atoms in total. The van der Waals surface area contributed by atoms with Gasteiger partial charge in [-0.2, -0.15) is 4.98 Å². The summed E-state index contributed by atoms with van der Waals surface area (Å²) in [6.07, 6.45) is 9.22. The van der Waals surface area contributed by atoms with Crippen molar-refractivity contribution in [3.63, 3.8) is 0 Å². The summed E-state index contributed by atoms with van der Waals surface area (Å²) in [5.41, 5.74) is 6.17. The second-order valence-corrected chi connectivity index (χ2v) is 4.20. The van der Waals surface area contributed by atoms with Gasteiger partial charge in [-0.3, -0.25) is 9.78 Å². The number of imidazole rings is 1. The van der Waals surface area contributed by atoms with Crippen molar-refractivity contribution < 1.29 is 0 Å². The van der Waals surface area contributed by atoms with E-state index >= 15 is 0 Å². The van der Waals surface area contributed by atoms with Crippen LogP contribution in [0.2, 0.25) is 0 Å². The van der Waals surface area contributed by atoms with E-state index in [1.165, 1.54) is 0 Å². The molecule has 0 radical (unpaired) electrons. The Morgan fingerprint density at radius 3 is 3.18 bits per heavy atom. The molecule has 1 unspecified atom stereocenters. The van der Waals surface area contributed by atoms with Crippen LogP contribution in [0.1, 0.15) is 25.3 Å². The molecule has 2 aromatic heterocycles. The number of hydrogen-bond acceptors (Lipinski definition) is 4. The summed E-state index contributed by atoms with van der Waals surface area (Å²) >= 11 is 0. The highest BCUT2D eigenvalue weighted by molar-refractivity contribution is 5.70. The van der Waals surface area contributed by atoms with Gasteiger partial charge in [0.05, 0.1) is 12.4 Å². The lowest BCUT2D eigenvalue weighted by atomic mass is 10.0. The number of nitrogen functional groups attached to an aromatic ring is 1. The van der Waals surface area contributed by atoms with Crippen LogP contribution in [0.25, 0.3) is 11.2 Å². The maximum atomic E-state index is 11.6. The van der Waals surface area contributed by atoms with Crippen molar-refractivity contribution in [2.75, 3.05) is 5.73 Å². The quantitative estimate of drug-likeness (QED) is 0.716. The van der Waals surface area contributed by atoms with Crippen LogP contribution < -0.4 is 11.3 Å². The zero-order valence-corrected chi connectivity index (χ0v) is 9.26. The lowest BCUT2D eigenvalue weighted by molar-refractivity contribution is 0.526. The molecular formula is C11H13N5O. The Kier molecular flexibility index (Phi) is 2.21. The molecule has 88 valence electrons. The van der Waals surface area contributed by atoms with E-state index < -0.39 is 0 Å². The van der Waals surface area contributed by atoms with E-state index in [9.17, 15) is 4.79 Å². The molecule has 0 fully saturated rings. The molecule has 3 rings (SSSR count). The largest absolute Gasteiger partial charge is 0.369 e. The minimum Gasteiger partial charge on any atom is -0.369 e. The highest BCUT2D eigenvalue weighted by atomic mass is 16.1.